The van der Waals surface area contributed by atoms with Crippen molar-refractivity contribution in [1.82, 2.24) is 0 Å². The molecule has 0 fully saturated rings. The third kappa shape index (κ3) is 3.49. The van der Waals surface area contributed by atoms with E-state index >= 15 is 0 Å². The van der Waals surface area contributed by atoms with Crippen molar-refractivity contribution in [2.45, 2.75) is 6.42 Å². The van der Waals surface area contributed by atoms with Crippen LogP contribution in [0.3, 0.4) is 0 Å². The van der Waals surface area contributed by atoms with Gasteiger partial charge in [-0.15, -0.1) is 0 Å². The Kier molecular flexibility index (Phi) is 4.85. The van der Waals surface area contributed by atoms with E-state index in [0.717, 1.165) is 23.1 Å². The van der Waals surface area contributed by atoms with E-state index in [1.165, 1.54) is 12.2 Å². The van der Waals surface area contributed by atoms with Crippen molar-refractivity contribution >= 4 is 34.6 Å². The number of carbonyl (C=O) groups excluding carboxylic acids is 2. The van der Waals surface area contributed by atoms with Crippen LogP contribution >= 0.6 is 0 Å². The zero-order valence-electron chi connectivity index (χ0n) is 15.4. The van der Waals surface area contributed by atoms with Crippen molar-refractivity contribution in [1.29, 1.82) is 0 Å². The molecule has 1 amide bonds. The molecular formula is C22H19NO5. The maximum atomic E-state index is 12.4. The Morgan fingerprint density at radius 2 is 2.04 bits per heavy atom. The highest BCUT2D eigenvalue weighted by Crippen LogP contribution is 2.29. The van der Waals surface area contributed by atoms with Crippen LogP contribution in [0, 0.1) is 0 Å². The Hall–Kier alpha value is -3.54. The van der Waals surface area contributed by atoms with Crippen molar-refractivity contribution in [3.63, 3.8) is 0 Å². The van der Waals surface area contributed by atoms with Crippen LogP contribution in [0.25, 0.3) is 17.0 Å². The van der Waals surface area contributed by atoms with E-state index in [0.29, 0.717) is 23.6 Å². The molecule has 0 atom stereocenters. The molecule has 1 aromatic heterocycles. The van der Waals surface area contributed by atoms with Gasteiger partial charge >= 0.3 is 5.97 Å². The second kappa shape index (κ2) is 7.60. The zero-order valence-corrected chi connectivity index (χ0v) is 15.4. The van der Waals surface area contributed by atoms with Crippen molar-refractivity contribution in [2.24, 2.45) is 0 Å². The van der Waals surface area contributed by atoms with E-state index in [4.69, 9.17) is 13.9 Å². The molecule has 1 aliphatic rings. The Balaban J connectivity index is 1.36. The largest absolute Gasteiger partial charge is 0.493 e. The second-order valence-corrected chi connectivity index (χ2v) is 6.39. The summed E-state index contributed by atoms with van der Waals surface area (Å²) in [5.74, 6) is 0.279. The summed E-state index contributed by atoms with van der Waals surface area (Å²) in [6.07, 6.45) is 3.57. The van der Waals surface area contributed by atoms with Crippen LogP contribution in [0.4, 0.5) is 5.69 Å². The van der Waals surface area contributed by atoms with E-state index in [1.807, 2.05) is 36.4 Å². The fourth-order valence-electron chi connectivity index (χ4n) is 3.31. The van der Waals surface area contributed by atoms with E-state index in [9.17, 15) is 9.59 Å². The minimum Gasteiger partial charge on any atom is -0.493 e. The third-order valence-electron chi connectivity index (χ3n) is 4.66. The number of amides is 1. The van der Waals surface area contributed by atoms with Gasteiger partial charge in [-0.2, -0.15) is 0 Å². The highest BCUT2D eigenvalue weighted by molar-refractivity contribution is 5.98. The van der Waals surface area contributed by atoms with Crippen molar-refractivity contribution in [3.8, 4) is 5.75 Å². The standard InChI is InChI=1S/C22H19NO5/c1-26-19-8-4-6-16-13-17(28-22(16)19)9-10-21(25)27-14-20(24)23-12-11-15-5-2-3-7-18(15)23/h2-10,13H,11-12,14H2,1H3/b10-9+. The number of rotatable bonds is 5. The molecule has 0 saturated heterocycles. The van der Waals surface area contributed by atoms with Gasteiger partial charge in [0, 0.05) is 23.7 Å². The number of fused-ring (bicyclic) bond motifs is 2. The van der Waals surface area contributed by atoms with E-state index < -0.39 is 5.97 Å². The second-order valence-electron chi connectivity index (χ2n) is 6.39. The highest BCUT2D eigenvalue weighted by Gasteiger charge is 2.24. The third-order valence-corrected chi connectivity index (χ3v) is 4.66. The molecule has 0 N–H and O–H groups in total. The summed E-state index contributed by atoms with van der Waals surface area (Å²) < 4.78 is 16.0. The number of hydrogen-bond acceptors (Lipinski definition) is 5. The highest BCUT2D eigenvalue weighted by atomic mass is 16.5. The van der Waals surface area contributed by atoms with Gasteiger partial charge in [0.25, 0.3) is 5.91 Å². The molecule has 142 valence electrons. The minimum atomic E-state index is -0.603. The lowest BCUT2D eigenvalue weighted by atomic mass is 10.2. The maximum absolute atomic E-state index is 12.4. The molecule has 28 heavy (non-hydrogen) atoms. The molecule has 0 saturated carbocycles. The van der Waals surface area contributed by atoms with Crippen LogP contribution in [0.5, 0.6) is 5.75 Å². The van der Waals surface area contributed by atoms with Gasteiger partial charge in [0.15, 0.2) is 17.9 Å². The molecule has 3 aromatic rings. The molecule has 0 aliphatic carbocycles. The normalized spacial score (nSPS) is 13.1. The molecule has 2 aromatic carbocycles. The number of benzene rings is 2. The first-order valence-corrected chi connectivity index (χ1v) is 8.95. The lowest BCUT2D eigenvalue weighted by Crippen LogP contribution is -2.33. The lowest BCUT2D eigenvalue weighted by molar-refractivity contribution is -0.142. The van der Waals surface area contributed by atoms with Gasteiger partial charge < -0.3 is 18.8 Å². The molecule has 4 rings (SSSR count). The smallest absolute Gasteiger partial charge is 0.331 e. The fraction of sp³-hybridized carbons (Fsp3) is 0.182. The number of para-hydroxylation sites is 2. The molecule has 0 unspecified atom stereocenters. The molecule has 2 heterocycles. The topological polar surface area (TPSA) is 69.0 Å². The number of carbonyl (C=O) groups is 2. The van der Waals surface area contributed by atoms with Crippen LogP contribution in [0.15, 0.2) is 59.0 Å². The Morgan fingerprint density at radius 3 is 2.89 bits per heavy atom. The van der Waals surface area contributed by atoms with Crippen LogP contribution < -0.4 is 9.64 Å². The van der Waals surface area contributed by atoms with Crippen molar-refractivity contribution in [3.05, 3.63) is 65.9 Å². The number of hydrogen-bond donors (Lipinski definition) is 0. The average Bonchev–Trinajstić information content (AvgIpc) is 3.34. The van der Waals surface area contributed by atoms with Crippen molar-refractivity contribution < 1.29 is 23.5 Å². The summed E-state index contributed by atoms with van der Waals surface area (Å²) in [4.78, 5) is 26.0. The molecule has 1 aliphatic heterocycles. The Labute approximate surface area is 161 Å². The molecule has 6 nitrogen and oxygen atoms in total. The average molecular weight is 377 g/mol. The summed E-state index contributed by atoms with van der Waals surface area (Å²) in [7, 11) is 1.57. The van der Waals surface area contributed by atoms with E-state index in [2.05, 4.69) is 0 Å². The zero-order chi connectivity index (χ0) is 19.5. The van der Waals surface area contributed by atoms with Gasteiger partial charge in [-0.05, 0) is 36.3 Å². The first kappa shape index (κ1) is 17.9. The first-order chi connectivity index (χ1) is 13.7. The number of nitrogens with zero attached hydrogens (tertiary/aromatic N) is 1. The van der Waals surface area contributed by atoms with Gasteiger partial charge in [0.1, 0.15) is 5.76 Å². The Bertz CT molecular complexity index is 1070. The van der Waals surface area contributed by atoms with Crippen LogP contribution in [-0.2, 0) is 20.7 Å². The van der Waals surface area contributed by atoms with Crippen LogP contribution in [0.2, 0.25) is 0 Å². The molecule has 6 heteroatoms. The fourth-order valence-corrected chi connectivity index (χ4v) is 3.31. The summed E-state index contributed by atoms with van der Waals surface area (Å²) in [6.45, 7) is 0.303. The van der Waals surface area contributed by atoms with Crippen LogP contribution in [-0.4, -0.2) is 32.1 Å². The number of furan rings is 1. The quantitative estimate of drug-likeness (QED) is 0.502. The summed E-state index contributed by atoms with van der Waals surface area (Å²) in [5.41, 5.74) is 2.62. The van der Waals surface area contributed by atoms with Gasteiger partial charge in [-0.25, -0.2) is 4.79 Å². The number of esters is 1. The molecular weight excluding hydrogens is 358 g/mol. The SMILES string of the molecule is COc1cccc2cc(/C=C/C(=O)OCC(=O)N3CCc4ccccc43)oc12. The van der Waals surface area contributed by atoms with Gasteiger partial charge in [0.2, 0.25) is 0 Å². The van der Waals surface area contributed by atoms with E-state index in [-0.39, 0.29) is 12.5 Å². The number of methoxy groups -OCH3 is 1. The Morgan fingerprint density at radius 1 is 1.18 bits per heavy atom. The van der Waals surface area contributed by atoms with Gasteiger partial charge in [0.05, 0.1) is 7.11 Å². The molecule has 0 spiro atoms. The predicted octanol–water partition coefficient (Wildman–Crippen LogP) is 3.59. The summed E-state index contributed by atoms with van der Waals surface area (Å²) in [5, 5.41) is 0.871. The van der Waals surface area contributed by atoms with Crippen LogP contribution in [0.1, 0.15) is 11.3 Å². The maximum Gasteiger partial charge on any atom is 0.331 e. The molecule has 0 radical (unpaired) electrons. The monoisotopic (exact) mass is 377 g/mol. The molecule has 0 bridgehead atoms. The van der Waals surface area contributed by atoms with Gasteiger partial charge in [-0.3, -0.25) is 4.79 Å². The lowest BCUT2D eigenvalue weighted by Gasteiger charge is -2.16. The van der Waals surface area contributed by atoms with Gasteiger partial charge in [-0.1, -0.05) is 30.3 Å². The number of ether oxygens (including phenoxy) is 2. The summed E-state index contributed by atoms with van der Waals surface area (Å²) >= 11 is 0. The van der Waals surface area contributed by atoms with Crippen molar-refractivity contribution in [2.75, 3.05) is 25.2 Å². The number of anilines is 1. The predicted molar refractivity (Wildman–Crippen MR) is 105 cm³/mol. The summed E-state index contributed by atoms with van der Waals surface area (Å²) in [6, 6.07) is 15.1. The first-order valence-electron chi connectivity index (χ1n) is 8.95. The minimum absolute atomic E-state index is 0.236. The van der Waals surface area contributed by atoms with E-state index in [1.54, 1.807) is 24.1 Å².